The summed E-state index contributed by atoms with van der Waals surface area (Å²) in [5.74, 6) is 1.16. The Kier molecular flexibility index (Phi) is 4.40. The first-order valence-corrected chi connectivity index (χ1v) is 9.71. The lowest BCUT2D eigenvalue weighted by atomic mass is 9.84. The molecule has 3 aliphatic rings. The van der Waals surface area contributed by atoms with Gasteiger partial charge in [0.15, 0.2) is 0 Å². The number of amides is 1. The highest BCUT2D eigenvalue weighted by atomic mass is 16.2. The van der Waals surface area contributed by atoms with Gasteiger partial charge in [0.2, 0.25) is 5.91 Å². The van der Waals surface area contributed by atoms with E-state index in [0.29, 0.717) is 18.4 Å². The minimum absolute atomic E-state index is 0.0201. The molecule has 2 fully saturated rings. The van der Waals surface area contributed by atoms with E-state index in [1.807, 2.05) is 4.90 Å². The van der Waals surface area contributed by atoms with Crippen LogP contribution in [0.2, 0.25) is 0 Å². The predicted octanol–water partition coefficient (Wildman–Crippen LogP) is 2.00. The zero-order valence-corrected chi connectivity index (χ0v) is 15.3. The van der Waals surface area contributed by atoms with Crippen molar-refractivity contribution in [1.82, 2.24) is 19.8 Å². The van der Waals surface area contributed by atoms with Crippen LogP contribution in [0.25, 0.3) is 0 Å². The Morgan fingerprint density at radius 3 is 2.68 bits per heavy atom. The molecule has 1 saturated heterocycles. The summed E-state index contributed by atoms with van der Waals surface area (Å²) in [4.78, 5) is 37.5. The number of rotatable bonds is 3. The second-order valence-corrected chi connectivity index (χ2v) is 8.01. The van der Waals surface area contributed by atoms with Gasteiger partial charge >= 0.3 is 0 Å². The van der Waals surface area contributed by atoms with Gasteiger partial charge in [0.1, 0.15) is 5.82 Å². The number of nitrogens with zero attached hydrogens (tertiary/aromatic N) is 3. The molecule has 0 unspecified atom stereocenters. The average molecular weight is 344 g/mol. The van der Waals surface area contributed by atoms with Crippen LogP contribution >= 0.6 is 0 Å². The molecule has 3 heterocycles. The van der Waals surface area contributed by atoms with Crippen molar-refractivity contribution < 1.29 is 4.79 Å². The second kappa shape index (κ2) is 6.56. The van der Waals surface area contributed by atoms with Gasteiger partial charge in [0, 0.05) is 38.0 Å². The maximum absolute atomic E-state index is 12.7. The van der Waals surface area contributed by atoms with Gasteiger partial charge in [-0.2, -0.15) is 0 Å². The predicted molar refractivity (Wildman–Crippen MR) is 95.1 cm³/mol. The van der Waals surface area contributed by atoms with Gasteiger partial charge in [0.05, 0.1) is 17.3 Å². The molecule has 1 saturated carbocycles. The fourth-order valence-corrected chi connectivity index (χ4v) is 4.27. The van der Waals surface area contributed by atoms with Gasteiger partial charge in [-0.1, -0.05) is 6.42 Å². The molecule has 2 aliphatic heterocycles. The van der Waals surface area contributed by atoms with Crippen LogP contribution in [0, 0.1) is 5.92 Å². The number of fused-ring (bicyclic) bond motifs is 1. The quantitative estimate of drug-likeness (QED) is 0.910. The fourth-order valence-electron chi connectivity index (χ4n) is 4.27. The minimum Gasteiger partial charge on any atom is -0.332 e. The number of likely N-dealkylation sites (tertiary alicyclic amines) is 1. The summed E-state index contributed by atoms with van der Waals surface area (Å²) in [5, 5.41) is 0. The van der Waals surface area contributed by atoms with Crippen molar-refractivity contribution in [1.29, 1.82) is 0 Å². The summed E-state index contributed by atoms with van der Waals surface area (Å²) in [7, 11) is 0. The van der Waals surface area contributed by atoms with E-state index >= 15 is 0 Å². The van der Waals surface area contributed by atoms with Crippen LogP contribution in [-0.2, 0) is 17.8 Å². The SMILES string of the molecule is CC(C)N1CCc2nc([C@@H]3CCCN3C(=O)C3CCC3)[nH]c(=O)c2C1. The smallest absolute Gasteiger partial charge is 0.255 e. The van der Waals surface area contributed by atoms with Crippen molar-refractivity contribution in [3.05, 3.63) is 27.4 Å². The molecule has 0 bridgehead atoms. The van der Waals surface area contributed by atoms with Gasteiger partial charge < -0.3 is 9.88 Å². The second-order valence-electron chi connectivity index (χ2n) is 8.01. The van der Waals surface area contributed by atoms with Crippen LogP contribution in [0.3, 0.4) is 0 Å². The van der Waals surface area contributed by atoms with Gasteiger partial charge in [-0.15, -0.1) is 0 Å². The monoisotopic (exact) mass is 344 g/mol. The molecular weight excluding hydrogens is 316 g/mol. The Balaban J connectivity index is 1.60. The first kappa shape index (κ1) is 16.8. The average Bonchev–Trinajstić information content (AvgIpc) is 3.02. The van der Waals surface area contributed by atoms with Crippen molar-refractivity contribution in [2.75, 3.05) is 13.1 Å². The number of H-pyrrole nitrogens is 1. The summed E-state index contributed by atoms with van der Waals surface area (Å²) in [6, 6.07) is 0.381. The highest BCUT2D eigenvalue weighted by Gasteiger charge is 2.37. The largest absolute Gasteiger partial charge is 0.332 e. The Morgan fingerprint density at radius 1 is 1.20 bits per heavy atom. The van der Waals surface area contributed by atoms with Crippen molar-refractivity contribution in [2.24, 2.45) is 5.92 Å². The normalized spacial score (nSPS) is 24.4. The molecule has 136 valence electrons. The molecule has 6 nitrogen and oxygen atoms in total. The van der Waals surface area contributed by atoms with E-state index in [4.69, 9.17) is 4.98 Å². The number of hydrogen-bond acceptors (Lipinski definition) is 4. The van der Waals surface area contributed by atoms with Crippen LogP contribution in [0.15, 0.2) is 4.79 Å². The van der Waals surface area contributed by atoms with Crippen molar-refractivity contribution in [3.8, 4) is 0 Å². The summed E-state index contributed by atoms with van der Waals surface area (Å²) >= 11 is 0. The number of hydrogen-bond donors (Lipinski definition) is 1. The molecule has 1 amide bonds. The molecule has 4 rings (SSSR count). The Hall–Kier alpha value is -1.69. The molecule has 25 heavy (non-hydrogen) atoms. The Bertz CT molecular complexity index is 723. The van der Waals surface area contributed by atoms with E-state index in [1.54, 1.807) is 0 Å². The number of nitrogens with one attached hydrogen (secondary N) is 1. The van der Waals surface area contributed by atoms with Crippen molar-refractivity contribution in [3.63, 3.8) is 0 Å². The zero-order valence-electron chi connectivity index (χ0n) is 15.3. The highest BCUT2D eigenvalue weighted by molar-refractivity contribution is 5.80. The van der Waals surface area contributed by atoms with E-state index in [9.17, 15) is 9.59 Å². The molecular formula is C19H28N4O2. The summed E-state index contributed by atoms with van der Waals surface area (Å²) < 4.78 is 0. The number of aromatic amines is 1. The van der Waals surface area contributed by atoms with E-state index in [2.05, 4.69) is 23.7 Å². The summed E-state index contributed by atoms with van der Waals surface area (Å²) in [5.41, 5.74) is 1.71. The van der Waals surface area contributed by atoms with Gasteiger partial charge in [-0.05, 0) is 39.5 Å². The fraction of sp³-hybridized carbons (Fsp3) is 0.737. The lowest BCUT2D eigenvalue weighted by Crippen LogP contribution is -2.41. The first-order chi connectivity index (χ1) is 12.0. The number of aromatic nitrogens is 2. The standard InChI is InChI=1S/C19H28N4O2/c1-12(2)22-10-8-15-14(11-22)18(24)21-17(20-15)16-7-4-9-23(16)19(25)13-5-3-6-13/h12-13,16H,3-11H2,1-2H3,(H,20,21,24)/t16-/m0/s1. The highest BCUT2D eigenvalue weighted by Crippen LogP contribution is 2.36. The molecule has 1 aromatic rings. The molecule has 0 radical (unpaired) electrons. The van der Waals surface area contributed by atoms with E-state index in [1.165, 1.54) is 0 Å². The third-order valence-corrected chi connectivity index (χ3v) is 6.15. The van der Waals surface area contributed by atoms with E-state index in [-0.39, 0.29) is 23.4 Å². The van der Waals surface area contributed by atoms with Crippen LogP contribution in [-0.4, -0.2) is 44.8 Å². The lowest BCUT2D eigenvalue weighted by Gasteiger charge is -2.33. The molecule has 0 spiro atoms. The Morgan fingerprint density at radius 2 is 2.00 bits per heavy atom. The molecule has 1 aromatic heterocycles. The van der Waals surface area contributed by atoms with E-state index in [0.717, 1.165) is 62.9 Å². The minimum atomic E-state index is -0.0470. The molecule has 1 atom stereocenters. The number of carbonyl (C=O) groups is 1. The van der Waals surface area contributed by atoms with Crippen LogP contribution in [0.4, 0.5) is 0 Å². The maximum Gasteiger partial charge on any atom is 0.255 e. The first-order valence-electron chi connectivity index (χ1n) is 9.71. The van der Waals surface area contributed by atoms with Gasteiger partial charge in [-0.3, -0.25) is 14.5 Å². The van der Waals surface area contributed by atoms with Crippen LogP contribution in [0.5, 0.6) is 0 Å². The third kappa shape index (κ3) is 3.01. The molecule has 6 heteroatoms. The zero-order chi connectivity index (χ0) is 17.6. The molecule has 0 aromatic carbocycles. The van der Waals surface area contributed by atoms with Crippen LogP contribution in [0.1, 0.15) is 69.1 Å². The van der Waals surface area contributed by atoms with Crippen molar-refractivity contribution >= 4 is 5.91 Å². The van der Waals surface area contributed by atoms with Crippen molar-refractivity contribution in [2.45, 2.75) is 71.0 Å². The number of carbonyl (C=O) groups excluding carboxylic acids is 1. The maximum atomic E-state index is 12.7. The Labute approximate surface area is 148 Å². The molecule has 1 aliphatic carbocycles. The summed E-state index contributed by atoms with van der Waals surface area (Å²) in [6.45, 7) is 6.72. The van der Waals surface area contributed by atoms with Crippen LogP contribution < -0.4 is 5.56 Å². The topological polar surface area (TPSA) is 69.3 Å². The molecule has 1 N–H and O–H groups in total. The lowest BCUT2D eigenvalue weighted by molar-refractivity contribution is -0.139. The van der Waals surface area contributed by atoms with Gasteiger partial charge in [0.25, 0.3) is 5.56 Å². The summed E-state index contributed by atoms with van der Waals surface area (Å²) in [6.07, 6.45) is 5.90. The van der Waals surface area contributed by atoms with E-state index < -0.39 is 0 Å². The third-order valence-electron chi connectivity index (χ3n) is 6.15. The van der Waals surface area contributed by atoms with Gasteiger partial charge in [-0.25, -0.2) is 4.98 Å².